The SMILES string of the molecule is CN1c2ccccc2Cc2c(OP(=O)([O-])[O-])cccc21.[Na+].[Na+]. The molecule has 0 radical (unpaired) electrons. The number of hydrogen-bond donors (Lipinski definition) is 0. The van der Waals surface area contributed by atoms with Gasteiger partial charge in [0.25, 0.3) is 0 Å². The maximum atomic E-state index is 10.8. The van der Waals surface area contributed by atoms with E-state index in [1.54, 1.807) is 6.07 Å². The Morgan fingerprint density at radius 1 is 1.05 bits per heavy atom. The smallest absolute Gasteiger partial charge is 0.780 e. The Bertz CT molecular complexity index is 720. The van der Waals surface area contributed by atoms with Gasteiger partial charge in [0.15, 0.2) is 0 Å². The van der Waals surface area contributed by atoms with Crippen molar-refractivity contribution in [3.8, 4) is 5.75 Å². The van der Waals surface area contributed by atoms with E-state index in [1.165, 1.54) is 6.07 Å². The molecule has 1 heterocycles. The minimum Gasteiger partial charge on any atom is -0.780 e. The molecule has 0 saturated carbocycles. The predicted molar refractivity (Wildman–Crippen MR) is 72.0 cm³/mol. The molecule has 0 saturated heterocycles. The molecule has 0 unspecified atom stereocenters. The van der Waals surface area contributed by atoms with Gasteiger partial charge >= 0.3 is 59.1 Å². The molecule has 0 fully saturated rings. The second-order valence-electron chi connectivity index (χ2n) is 4.66. The van der Waals surface area contributed by atoms with Gasteiger partial charge in [0.05, 0.1) is 0 Å². The summed E-state index contributed by atoms with van der Waals surface area (Å²) in [6.45, 7) is 0. The van der Waals surface area contributed by atoms with Crippen molar-refractivity contribution in [1.29, 1.82) is 0 Å². The Morgan fingerprint density at radius 3 is 2.36 bits per heavy atom. The Kier molecular flexibility index (Phi) is 7.21. The largest absolute Gasteiger partial charge is 1.00 e. The van der Waals surface area contributed by atoms with Crippen LogP contribution in [0.4, 0.5) is 11.4 Å². The summed E-state index contributed by atoms with van der Waals surface area (Å²) < 4.78 is 15.4. The first-order valence-electron chi connectivity index (χ1n) is 6.11. The third-order valence-electron chi connectivity index (χ3n) is 3.40. The van der Waals surface area contributed by atoms with E-state index < -0.39 is 7.82 Å². The van der Waals surface area contributed by atoms with Gasteiger partial charge < -0.3 is 23.8 Å². The molecule has 0 amide bonds. The van der Waals surface area contributed by atoms with E-state index in [2.05, 4.69) is 4.52 Å². The molecule has 5 nitrogen and oxygen atoms in total. The van der Waals surface area contributed by atoms with Gasteiger partial charge in [-0.2, -0.15) is 0 Å². The number of nitrogens with zero attached hydrogens (tertiary/aromatic N) is 1. The van der Waals surface area contributed by atoms with E-state index in [0.717, 1.165) is 16.9 Å². The van der Waals surface area contributed by atoms with Crippen LogP contribution in [0.1, 0.15) is 11.1 Å². The number of rotatable bonds is 2. The molecule has 2 aromatic carbocycles. The van der Waals surface area contributed by atoms with Crippen LogP contribution < -0.4 is 78.3 Å². The van der Waals surface area contributed by atoms with Gasteiger partial charge in [0.2, 0.25) is 0 Å². The van der Waals surface area contributed by atoms with Crippen LogP contribution in [0, 0.1) is 0 Å². The monoisotopic (exact) mass is 335 g/mol. The molecule has 0 atom stereocenters. The summed E-state index contributed by atoms with van der Waals surface area (Å²) >= 11 is 0. The normalized spacial score (nSPS) is 12.4. The summed E-state index contributed by atoms with van der Waals surface area (Å²) in [4.78, 5) is 23.7. The molecule has 0 aliphatic carbocycles. The maximum absolute atomic E-state index is 10.8. The quantitative estimate of drug-likeness (QED) is 0.409. The second kappa shape index (κ2) is 7.84. The van der Waals surface area contributed by atoms with Crippen LogP contribution in [0.2, 0.25) is 0 Å². The van der Waals surface area contributed by atoms with Gasteiger partial charge in [-0.1, -0.05) is 24.3 Å². The molecule has 0 aromatic heterocycles. The molecule has 0 spiro atoms. The zero-order valence-electron chi connectivity index (χ0n) is 12.8. The minimum absolute atomic E-state index is 0. The van der Waals surface area contributed by atoms with Crippen LogP contribution in [0.5, 0.6) is 5.75 Å². The Balaban J connectivity index is 0.00000121. The maximum Gasteiger partial charge on any atom is 1.00 e. The Labute approximate surface area is 173 Å². The van der Waals surface area contributed by atoms with Crippen molar-refractivity contribution < 1.29 is 78.0 Å². The van der Waals surface area contributed by atoms with Gasteiger partial charge in [0.1, 0.15) is 13.6 Å². The molecule has 2 aromatic rings. The fraction of sp³-hybridized carbons (Fsp3) is 0.143. The summed E-state index contributed by atoms with van der Waals surface area (Å²) in [6.07, 6.45) is 0.534. The Hall–Kier alpha value is 0.190. The van der Waals surface area contributed by atoms with Crippen molar-refractivity contribution in [3.05, 3.63) is 53.6 Å². The molecular weight excluding hydrogens is 323 g/mol. The summed E-state index contributed by atoms with van der Waals surface area (Å²) in [5, 5.41) is 0. The van der Waals surface area contributed by atoms with Gasteiger partial charge in [-0.05, 0) is 23.8 Å². The fourth-order valence-electron chi connectivity index (χ4n) is 2.56. The third kappa shape index (κ3) is 4.18. The van der Waals surface area contributed by atoms with Gasteiger partial charge in [-0.15, -0.1) is 0 Å². The van der Waals surface area contributed by atoms with Gasteiger partial charge in [-0.25, -0.2) is 0 Å². The molecule has 8 heteroatoms. The number of benzene rings is 2. The summed E-state index contributed by atoms with van der Waals surface area (Å²) in [5.74, 6) is 0.109. The average molecular weight is 335 g/mol. The molecule has 22 heavy (non-hydrogen) atoms. The van der Waals surface area contributed by atoms with Crippen LogP contribution in [0.15, 0.2) is 42.5 Å². The van der Waals surface area contributed by atoms with E-state index in [-0.39, 0.29) is 64.9 Å². The Morgan fingerprint density at radius 2 is 1.68 bits per heavy atom. The van der Waals surface area contributed by atoms with Crippen LogP contribution in [0.25, 0.3) is 0 Å². The zero-order valence-corrected chi connectivity index (χ0v) is 17.7. The summed E-state index contributed by atoms with van der Waals surface area (Å²) in [6, 6.07) is 12.9. The van der Waals surface area contributed by atoms with Crippen LogP contribution in [0.3, 0.4) is 0 Å². The van der Waals surface area contributed by atoms with E-state index in [1.807, 2.05) is 42.3 Å². The van der Waals surface area contributed by atoms with Crippen molar-refractivity contribution in [1.82, 2.24) is 0 Å². The number of phosphoric acid groups is 1. The second-order valence-corrected chi connectivity index (χ2v) is 5.73. The number of fused-ring (bicyclic) bond motifs is 2. The summed E-state index contributed by atoms with van der Waals surface area (Å²) in [7, 11) is -3.16. The molecular formula is C14H12NNa2O4P. The number of hydrogen-bond acceptors (Lipinski definition) is 5. The minimum atomic E-state index is -5.06. The van der Waals surface area contributed by atoms with Crippen molar-refractivity contribution in [2.24, 2.45) is 0 Å². The van der Waals surface area contributed by atoms with Crippen molar-refractivity contribution in [2.75, 3.05) is 11.9 Å². The fourth-order valence-corrected chi connectivity index (χ4v) is 2.97. The van der Waals surface area contributed by atoms with E-state index in [9.17, 15) is 14.4 Å². The zero-order chi connectivity index (χ0) is 14.3. The molecule has 3 rings (SSSR count). The van der Waals surface area contributed by atoms with Gasteiger partial charge in [0, 0.05) is 30.4 Å². The third-order valence-corrected chi connectivity index (χ3v) is 3.82. The van der Waals surface area contributed by atoms with E-state index >= 15 is 0 Å². The standard InChI is InChI=1S/C14H14NO4P.2Na/c1-15-12-6-3-2-5-10(12)9-11-13(15)7-4-8-14(11)19-20(16,17)18;;/h2-8H,9H2,1H3,(H2,16,17,18);;/q;2*+1/p-2. The molecule has 0 bridgehead atoms. The molecule has 1 aliphatic heterocycles. The van der Waals surface area contributed by atoms with Crippen molar-refractivity contribution in [3.63, 3.8) is 0 Å². The molecule has 1 aliphatic rings. The first-order chi connectivity index (χ1) is 9.46. The van der Waals surface area contributed by atoms with Crippen LogP contribution in [-0.2, 0) is 11.0 Å². The number of anilines is 2. The van der Waals surface area contributed by atoms with E-state index in [0.29, 0.717) is 12.0 Å². The first-order valence-corrected chi connectivity index (χ1v) is 7.57. The average Bonchev–Trinajstić information content (AvgIpc) is 2.39. The van der Waals surface area contributed by atoms with Gasteiger partial charge in [-0.3, -0.25) is 0 Å². The number of phosphoric ester groups is 1. The summed E-state index contributed by atoms with van der Waals surface area (Å²) in [5.41, 5.74) is 3.67. The van der Waals surface area contributed by atoms with Crippen molar-refractivity contribution >= 4 is 19.2 Å². The molecule has 0 N–H and O–H groups in total. The van der Waals surface area contributed by atoms with E-state index in [4.69, 9.17) is 0 Å². The topological polar surface area (TPSA) is 75.7 Å². The first kappa shape index (κ1) is 20.2. The van der Waals surface area contributed by atoms with Crippen LogP contribution >= 0.6 is 7.82 Å². The van der Waals surface area contributed by atoms with Crippen molar-refractivity contribution in [2.45, 2.75) is 6.42 Å². The number of para-hydroxylation sites is 1. The predicted octanol–water partition coefficient (Wildman–Crippen LogP) is -4.43. The van der Waals surface area contributed by atoms with Crippen LogP contribution in [-0.4, -0.2) is 7.05 Å². The molecule has 104 valence electrons.